The second kappa shape index (κ2) is 12.5. The summed E-state index contributed by atoms with van der Waals surface area (Å²) >= 11 is 0. The standard InChI is InChI=1S/C44H36N8/c1-25-9-5-21-45-41(25)37-29-13-15-31(49-29)38(42-26(2)10-6-22-46-42)33-17-19-35(51-33)40(44-28(4)12-8-24-48-44)36-20-18-34(52-36)39(32-16-14-30(37)50-32)43-27(3)11-7-23-47-43/h5-24,49-52H,1-4H3. The van der Waals surface area contributed by atoms with Crippen LogP contribution in [0.15, 0.2) is 122 Å². The third-order valence-corrected chi connectivity index (χ3v) is 9.88. The number of aromatic amines is 4. The molecule has 252 valence electrons. The number of aryl methyl sites for hydroxylation is 4. The molecule has 8 nitrogen and oxygen atoms in total. The van der Waals surface area contributed by atoms with E-state index in [2.05, 4.69) is 120 Å². The molecule has 9 rings (SSSR count). The van der Waals surface area contributed by atoms with Crippen LogP contribution >= 0.6 is 0 Å². The number of aromatic nitrogens is 8. The summed E-state index contributed by atoms with van der Waals surface area (Å²) in [6.07, 6.45) is 7.40. The van der Waals surface area contributed by atoms with Crippen molar-refractivity contribution in [2.75, 3.05) is 0 Å². The SMILES string of the molecule is Cc1cccnc1C1=c2ccc([nH]2)=C(c2ncccc2C)c2ccc([nH]2)C(c2ncccc2C)=c2ccc([nH]2)=C(c2ncccc2C)c2ccc1[nH]2. The molecule has 9 heterocycles. The van der Waals surface area contributed by atoms with Crippen molar-refractivity contribution in [2.24, 2.45) is 0 Å². The lowest BCUT2D eigenvalue weighted by Gasteiger charge is -2.11. The van der Waals surface area contributed by atoms with Crippen LogP contribution in [0, 0.1) is 27.7 Å². The molecule has 0 fully saturated rings. The van der Waals surface area contributed by atoms with E-state index in [-0.39, 0.29) is 0 Å². The van der Waals surface area contributed by atoms with E-state index in [9.17, 15) is 0 Å². The summed E-state index contributed by atoms with van der Waals surface area (Å²) in [6, 6.07) is 33.4. The number of fused-ring (bicyclic) bond motifs is 8. The number of nitrogens with zero attached hydrogens (tertiary/aromatic N) is 4. The van der Waals surface area contributed by atoms with Gasteiger partial charge in [-0.3, -0.25) is 19.9 Å². The molecule has 8 bridgehead atoms. The summed E-state index contributed by atoms with van der Waals surface area (Å²) in [6.45, 7) is 8.40. The first-order chi connectivity index (χ1) is 25.4. The molecule has 4 N–H and O–H groups in total. The number of hydrogen-bond donors (Lipinski definition) is 4. The largest absolute Gasteiger partial charge is 0.354 e. The van der Waals surface area contributed by atoms with Gasteiger partial charge in [-0.25, -0.2) is 0 Å². The number of H-pyrrole nitrogens is 4. The maximum Gasteiger partial charge on any atom is 0.0772 e. The highest BCUT2D eigenvalue weighted by Gasteiger charge is 2.21. The quantitative estimate of drug-likeness (QED) is 0.207. The summed E-state index contributed by atoms with van der Waals surface area (Å²) < 4.78 is 0. The number of rotatable bonds is 4. The van der Waals surface area contributed by atoms with Crippen molar-refractivity contribution in [3.8, 4) is 0 Å². The molecule has 0 spiro atoms. The molecule has 0 amide bonds. The number of pyridine rings is 4. The molecule has 0 aromatic carbocycles. The third kappa shape index (κ3) is 5.24. The van der Waals surface area contributed by atoms with Crippen molar-refractivity contribution >= 4 is 22.3 Å². The van der Waals surface area contributed by atoms with Gasteiger partial charge in [-0.2, -0.15) is 0 Å². The van der Waals surface area contributed by atoms with Crippen LogP contribution in [-0.2, 0) is 0 Å². The van der Waals surface area contributed by atoms with Gasteiger partial charge in [0, 0.05) is 47.1 Å². The topological polar surface area (TPSA) is 115 Å². The fourth-order valence-electron chi connectivity index (χ4n) is 7.34. The van der Waals surface area contributed by atoms with Gasteiger partial charge < -0.3 is 19.9 Å². The summed E-state index contributed by atoms with van der Waals surface area (Å²) in [5, 5.41) is 3.74. The minimum absolute atomic E-state index is 0.894. The first kappa shape index (κ1) is 31.2. The Balaban J connectivity index is 1.47. The van der Waals surface area contributed by atoms with Crippen molar-refractivity contribution in [3.05, 3.63) is 211 Å². The Morgan fingerprint density at radius 2 is 0.558 bits per heavy atom. The summed E-state index contributed by atoms with van der Waals surface area (Å²) in [4.78, 5) is 34.9. The van der Waals surface area contributed by atoms with Gasteiger partial charge in [0.1, 0.15) is 0 Å². The highest BCUT2D eigenvalue weighted by molar-refractivity contribution is 5.84. The van der Waals surface area contributed by atoms with Crippen molar-refractivity contribution < 1.29 is 0 Å². The normalized spacial score (nSPS) is 12.8. The van der Waals surface area contributed by atoms with Crippen molar-refractivity contribution in [1.29, 1.82) is 0 Å². The van der Waals surface area contributed by atoms with Gasteiger partial charge >= 0.3 is 0 Å². The second-order valence-corrected chi connectivity index (χ2v) is 13.3. The minimum Gasteiger partial charge on any atom is -0.354 e. The number of nitrogens with one attached hydrogen (secondary N) is 4. The molecule has 1 aliphatic rings. The Bertz CT molecular complexity index is 2520. The van der Waals surface area contributed by atoms with Crippen LogP contribution in [0.3, 0.4) is 0 Å². The van der Waals surface area contributed by atoms with E-state index in [1.165, 1.54) is 0 Å². The van der Waals surface area contributed by atoms with Crippen LogP contribution < -0.4 is 21.4 Å². The van der Waals surface area contributed by atoms with Crippen molar-refractivity contribution in [3.63, 3.8) is 0 Å². The number of hydrogen-bond acceptors (Lipinski definition) is 4. The maximum absolute atomic E-state index is 4.91. The molecule has 8 heteroatoms. The summed E-state index contributed by atoms with van der Waals surface area (Å²) in [5.41, 5.74) is 15.5. The average molecular weight is 677 g/mol. The lowest BCUT2D eigenvalue weighted by molar-refractivity contribution is 1.13. The Morgan fingerprint density at radius 1 is 0.308 bits per heavy atom. The van der Waals surface area contributed by atoms with Gasteiger partial charge in [-0.1, -0.05) is 24.3 Å². The van der Waals surface area contributed by atoms with Crippen LogP contribution in [-0.4, -0.2) is 39.9 Å². The predicted octanol–water partition coefficient (Wildman–Crippen LogP) is 5.12. The lowest BCUT2D eigenvalue weighted by Crippen LogP contribution is -2.20. The molecular weight excluding hydrogens is 641 g/mol. The van der Waals surface area contributed by atoms with Crippen molar-refractivity contribution in [1.82, 2.24) is 39.9 Å². The van der Waals surface area contributed by atoms with Crippen LogP contribution in [0.4, 0.5) is 0 Å². The van der Waals surface area contributed by atoms with E-state index in [1.54, 1.807) is 0 Å². The first-order valence-electron chi connectivity index (χ1n) is 17.4. The maximum atomic E-state index is 4.91. The molecule has 0 atom stereocenters. The fraction of sp³-hybridized carbons (Fsp3) is 0.0909. The Kier molecular flexibility index (Phi) is 7.51. The van der Waals surface area contributed by atoms with Gasteiger partial charge in [0.2, 0.25) is 0 Å². The minimum atomic E-state index is 0.894. The smallest absolute Gasteiger partial charge is 0.0772 e. The Labute approximate surface area is 300 Å². The predicted molar refractivity (Wildman–Crippen MR) is 204 cm³/mol. The zero-order chi connectivity index (χ0) is 35.3. The average Bonchev–Trinajstić information content (AvgIpc) is 3.99. The lowest BCUT2D eigenvalue weighted by atomic mass is 10.0. The molecule has 0 saturated heterocycles. The molecule has 8 aromatic heterocycles. The fourth-order valence-corrected chi connectivity index (χ4v) is 7.34. The van der Waals surface area contributed by atoms with E-state index in [0.717, 1.165) is 111 Å². The highest BCUT2D eigenvalue weighted by Crippen LogP contribution is 2.28. The molecular formula is C44H36N8. The molecule has 52 heavy (non-hydrogen) atoms. The molecule has 1 aliphatic heterocycles. The van der Waals surface area contributed by atoms with Crippen LogP contribution in [0.1, 0.15) is 67.8 Å². The van der Waals surface area contributed by atoms with Crippen LogP contribution in [0.2, 0.25) is 0 Å². The van der Waals surface area contributed by atoms with Gasteiger partial charge in [0.15, 0.2) is 0 Å². The van der Waals surface area contributed by atoms with Crippen LogP contribution in [0.25, 0.3) is 22.3 Å². The van der Waals surface area contributed by atoms with Gasteiger partial charge in [-0.05, 0) is 123 Å². The molecule has 0 unspecified atom stereocenters. The summed E-state index contributed by atoms with van der Waals surface area (Å²) in [7, 11) is 0. The molecule has 0 radical (unpaired) electrons. The van der Waals surface area contributed by atoms with Gasteiger partial charge in [-0.15, -0.1) is 0 Å². The van der Waals surface area contributed by atoms with E-state index in [4.69, 9.17) is 19.9 Å². The van der Waals surface area contributed by atoms with Gasteiger partial charge in [0.05, 0.1) is 66.9 Å². The Hall–Kier alpha value is -6.80. The molecule has 8 aromatic rings. The monoisotopic (exact) mass is 676 g/mol. The zero-order valence-electron chi connectivity index (χ0n) is 29.3. The van der Waals surface area contributed by atoms with E-state index in [0.29, 0.717) is 0 Å². The van der Waals surface area contributed by atoms with Crippen molar-refractivity contribution in [2.45, 2.75) is 27.7 Å². The summed E-state index contributed by atoms with van der Waals surface area (Å²) in [5.74, 6) is 0. The van der Waals surface area contributed by atoms with E-state index < -0.39 is 0 Å². The molecule has 0 aliphatic carbocycles. The third-order valence-electron chi connectivity index (χ3n) is 9.88. The zero-order valence-corrected chi connectivity index (χ0v) is 29.3. The highest BCUT2D eigenvalue weighted by atomic mass is 14.8. The first-order valence-corrected chi connectivity index (χ1v) is 17.4. The second-order valence-electron chi connectivity index (χ2n) is 13.3. The van der Waals surface area contributed by atoms with E-state index >= 15 is 0 Å². The molecule has 0 saturated carbocycles. The van der Waals surface area contributed by atoms with Crippen LogP contribution in [0.5, 0.6) is 0 Å². The van der Waals surface area contributed by atoms with E-state index in [1.807, 2.05) is 49.1 Å². The Morgan fingerprint density at radius 3 is 0.788 bits per heavy atom. The van der Waals surface area contributed by atoms with Gasteiger partial charge in [0.25, 0.3) is 0 Å².